The Hall–Kier alpha value is -0.160. The minimum Gasteiger partial charge on any atom is -0.379 e. The summed E-state index contributed by atoms with van der Waals surface area (Å²) in [5.41, 5.74) is 0. The van der Waals surface area contributed by atoms with Crippen LogP contribution in [0, 0.1) is 0 Å². The highest BCUT2D eigenvalue weighted by molar-refractivity contribution is 4.76. The Bertz CT molecular complexity index is 181. The predicted octanol–water partition coefficient (Wildman–Crippen LogP) is 0.247. The molecule has 0 aromatic heterocycles. The van der Waals surface area contributed by atoms with Gasteiger partial charge in [0.05, 0.1) is 13.2 Å². The van der Waals surface area contributed by atoms with Gasteiger partial charge in [-0.2, -0.15) is 0 Å². The lowest BCUT2D eigenvalue weighted by Gasteiger charge is -2.31. The first-order chi connectivity index (χ1) is 7.59. The molecule has 1 fully saturated rings. The fraction of sp³-hybridized carbons (Fsp3) is 1.00. The zero-order valence-electron chi connectivity index (χ0n) is 11.2. The van der Waals surface area contributed by atoms with Crippen LogP contribution in [0.25, 0.3) is 0 Å². The summed E-state index contributed by atoms with van der Waals surface area (Å²) in [6.07, 6.45) is 1.17. The van der Waals surface area contributed by atoms with Crippen LogP contribution in [0.3, 0.4) is 0 Å². The molecule has 1 N–H and O–H groups in total. The fourth-order valence-corrected chi connectivity index (χ4v) is 1.94. The molecule has 96 valence electrons. The molecule has 1 heterocycles. The van der Waals surface area contributed by atoms with Gasteiger partial charge in [0.15, 0.2) is 0 Å². The van der Waals surface area contributed by atoms with Crippen molar-refractivity contribution >= 4 is 0 Å². The van der Waals surface area contributed by atoms with Gasteiger partial charge in [0.2, 0.25) is 0 Å². The van der Waals surface area contributed by atoms with Crippen LogP contribution in [-0.2, 0) is 4.74 Å². The number of morpholine rings is 1. The Morgan fingerprint density at radius 2 is 2.06 bits per heavy atom. The minimum atomic E-state index is 0.533. The van der Waals surface area contributed by atoms with Crippen molar-refractivity contribution in [1.82, 2.24) is 15.1 Å². The quantitative estimate of drug-likeness (QED) is 0.706. The zero-order valence-corrected chi connectivity index (χ0v) is 11.2. The smallest absolute Gasteiger partial charge is 0.0620 e. The van der Waals surface area contributed by atoms with Gasteiger partial charge >= 0.3 is 0 Å². The molecule has 0 amide bonds. The number of likely N-dealkylation sites (N-methyl/N-ethyl adjacent to an activating group) is 2. The molecule has 1 rings (SSSR count). The summed E-state index contributed by atoms with van der Waals surface area (Å²) in [6, 6.07) is 1.14. The first-order valence-corrected chi connectivity index (χ1v) is 6.25. The van der Waals surface area contributed by atoms with Gasteiger partial charge < -0.3 is 19.9 Å². The summed E-state index contributed by atoms with van der Waals surface area (Å²) in [4.78, 5) is 4.65. The highest BCUT2D eigenvalue weighted by atomic mass is 16.5. The molecule has 4 heteroatoms. The van der Waals surface area contributed by atoms with E-state index in [1.54, 1.807) is 0 Å². The lowest BCUT2D eigenvalue weighted by Crippen LogP contribution is -2.46. The van der Waals surface area contributed by atoms with Crippen molar-refractivity contribution in [3.63, 3.8) is 0 Å². The van der Waals surface area contributed by atoms with Crippen LogP contribution < -0.4 is 5.32 Å². The summed E-state index contributed by atoms with van der Waals surface area (Å²) in [5.74, 6) is 0. The fourth-order valence-electron chi connectivity index (χ4n) is 1.94. The lowest BCUT2D eigenvalue weighted by atomic mass is 10.1. The van der Waals surface area contributed by atoms with Gasteiger partial charge in [-0.3, -0.25) is 0 Å². The Balaban J connectivity index is 2.19. The van der Waals surface area contributed by atoms with E-state index in [1.807, 2.05) is 0 Å². The van der Waals surface area contributed by atoms with E-state index in [0.717, 1.165) is 32.8 Å². The third kappa shape index (κ3) is 5.25. The molecule has 0 aromatic carbocycles. The Kier molecular flexibility index (Phi) is 6.28. The summed E-state index contributed by atoms with van der Waals surface area (Å²) in [5, 5.41) is 3.51. The molecule has 0 aromatic rings. The molecule has 0 saturated carbocycles. The number of rotatable bonds is 6. The molecule has 0 bridgehead atoms. The maximum absolute atomic E-state index is 5.47. The van der Waals surface area contributed by atoms with Crippen molar-refractivity contribution in [2.45, 2.75) is 25.4 Å². The van der Waals surface area contributed by atoms with Gasteiger partial charge in [-0.05, 0) is 34.5 Å². The van der Waals surface area contributed by atoms with Crippen molar-refractivity contribution in [1.29, 1.82) is 0 Å². The number of nitrogens with one attached hydrogen (secondary N) is 1. The van der Waals surface area contributed by atoms with Crippen LogP contribution in [-0.4, -0.2) is 75.9 Å². The van der Waals surface area contributed by atoms with E-state index in [0.29, 0.717) is 12.1 Å². The first-order valence-electron chi connectivity index (χ1n) is 6.25. The molecule has 1 saturated heterocycles. The van der Waals surface area contributed by atoms with Gasteiger partial charge in [0, 0.05) is 31.7 Å². The van der Waals surface area contributed by atoms with Crippen molar-refractivity contribution in [2.24, 2.45) is 0 Å². The average Bonchev–Trinajstić information content (AvgIpc) is 2.27. The third-order valence-corrected chi connectivity index (χ3v) is 3.28. The van der Waals surface area contributed by atoms with Crippen LogP contribution in [0.15, 0.2) is 0 Å². The van der Waals surface area contributed by atoms with Crippen molar-refractivity contribution < 1.29 is 4.74 Å². The molecule has 1 aliphatic heterocycles. The van der Waals surface area contributed by atoms with Gasteiger partial charge in [0.1, 0.15) is 0 Å². The van der Waals surface area contributed by atoms with Gasteiger partial charge in [-0.1, -0.05) is 0 Å². The van der Waals surface area contributed by atoms with E-state index in [2.05, 4.69) is 43.2 Å². The predicted molar refractivity (Wildman–Crippen MR) is 67.9 cm³/mol. The van der Waals surface area contributed by atoms with Gasteiger partial charge in [-0.25, -0.2) is 0 Å². The summed E-state index contributed by atoms with van der Waals surface area (Å²) >= 11 is 0. The molecule has 4 nitrogen and oxygen atoms in total. The lowest BCUT2D eigenvalue weighted by molar-refractivity contribution is 0.0639. The highest BCUT2D eigenvalue weighted by Crippen LogP contribution is 2.07. The molecule has 2 unspecified atom stereocenters. The maximum Gasteiger partial charge on any atom is 0.0620 e. The van der Waals surface area contributed by atoms with E-state index in [-0.39, 0.29) is 0 Å². The summed E-state index contributed by atoms with van der Waals surface area (Å²) < 4.78 is 5.47. The third-order valence-electron chi connectivity index (χ3n) is 3.28. The second-order valence-corrected chi connectivity index (χ2v) is 5.09. The molecule has 0 spiro atoms. The second-order valence-electron chi connectivity index (χ2n) is 5.09. The van der Waals surface area contributed by atoms with E-state index in [1.165, 1.54) is 6.42 Å². The molecular weight excluding hydrogens is 202 g/mol. The van der Waals surface area contributed by atoms with E-state index >= 15 is 0 Å². The van der Waals surface area contributed by atoms with Crippen molar-refractivity contribution in [2.75, 3.05) is 54.0 Å². The largest absolute Gasteiger partial charge is 0.379 e. The average molecular weight is 229 g/mol. The highest BCUT2D eigenvalue weighted by Gasteiger charge is 2.18. The Morgan fingerprint density at radius 3 is 2.62 bits per heavy atom. The molecule has 1 aliphatic rings. The minimum absolute atomic E-state index is 0.533. The number of ether oxygens (including phenoxy) is 1. The monoisotopic (exact) mass is 229 g/mol. The number of nitrogens with zero attached hydrogens (tertiary/aromatic N) is 2. The molecule has 2 atom stereocenters. The van der Waals surface area contributed by atoms with E-state index in [4.69, 9.17) is 4.74 Å². The molecule has 0 radical (unpaired) electrons. The van der Waals surface area contributed by atoms with Crippen LogP contribution in [0.2, 0.25) is 0 Å². The second kappa shape index (κ2) is 7.22. The number of hydrogen-bond donors (Lipinski definition) is 1. The van der Waals surface area contributed by atoms with Gasteiger partial charge in [-0.15, -0.1) is 0 Å². The van der Waals surface area contributed by atoms with Crippen molar-refractivity contribution in [3.05, 3.63) is 0 Å². The van der Waals surface area contributed by atoms with Crippen LogP contribution in [0.1, 0.15) is 13.3 Å². The topological polar surface area (TPSA) is 27.7 Å². The molecular formula is C12H27N3O. The van der Waals surface area contributed by atoms with Crippen LogP contribution in [0.4, 0.5) is 0 Å². The Labute approximate surface area is 99.9 Å². The zero-order chi connectivity index (χ0) is 12.0. The van der Waals surface area contributed by atoms with Crippen LogP contribution >= 0.6 is 0 Å². The van der Waals surface area contributed by atoms with E-state index in [9.17, 15) is 0 Å². The SMILES string of the molecule is CC(CC1COCCN1)N(C)CCN(C)C. The van der Waals surface area contributed by atoms with Crippen LogP contribution in [0.5, 0.6) is 0 Å². The molecule has 16 heavy (non-hydrogen) atoms. The van der Waals surface area contributed by atoms with E-state index < -0.39 is 0 Å². The number of hydrogen-bond acceptors (Lipinski definition) is 4. The first kappa shape index (κ1) is 13.9. The summed E-state index contributed by atoms with van der Waals surface area (Å²) in [7, 11) is 6.45. The summed E-state index contributed by atoms with van der Waals surface area (Å²) in [6.45, 7) is 7.27. The maximum atomic E-state index is 5.47. The Morgan fingerprint density at radius 1 is 1.31 bits per heavy atom. The standard InChI is InChI=1S/C12H27N3O/c1-11(15(4)7-6-14(2)3)9-12-10-16-8-5-13-12/h11-13H,5-10H2,1-4H3. The van der Waals surface area contributed by atoms with Crippen molar-refractivity contribution in [3.8, 4) is 0 Å². The molecule has 0 aliphatic carbocycles. The normalized spacial score (nSPS) is 24.0. The van der Waals surface area contributed by atoms with Gasteiger partial charge in [0.25, 0.3) is 0 Å².